The van der Waals surface area contributed by atoms with Gasteiger partial charge in [-0.1, -0.05) is 58.8 Å². The van der Waals surface area contributed by atoms with Crippen LogP contribution >= 0.6 is 0 Å². The molecule has 5 fully saturated rings. The van der Waals surface area contributed by atoms with E-state index >= 15 is 0 Å². The minimum atomic E-state index is -0.509. The van der Waals surface area contributed by atoms with Crippen LogP contribution in [0, 0.1) is 34.5 Å². The van der Waals surface area contributed by atoms with Gasteiger partial charge in [0.05, 0.1) is 6.54 Å². The Morgan fingerprint density at radius 3 is 2.58 bits per heavy atom. The first-order valence-electron chi connectivity index (χ1n) is 16.6. The zero-order chi connectivity index (χ0) is 28.2. The minimum Gasteiger partial charge on any atom is -0.461 e. The Hall–Kier alpha value is -1.21. The molecule has 0 aromatic rings. The Morgan fingerprint density at radius 2 is 1.85 bits per heavy atom. The number of hydrogen-bond donors (Lipinski definition) is 1. The molecule has 0 aromatic heterocycles. The first kappa shape index (κ1) is 28.9. The fraction of sp³-hybridized carbons (Fsp3) is 0.853. The third-order valence-electron chi connectivity index (χ3n) is 12.7. The van der Waals surface area contributed by atoms with Crippen molar-refractivity contribution >= 4 is 5.97 Å². The second-order valence-corrected chi connectivity index (χ2v) is 14.9. The van der Waals surface area contributed by atoms with E-state index in [4.69, 9.17) is 20.2 Å². The van der Waals surface area contributed by atoms with Gasteiger partial charge in [-0.15, -0.1) is 0 Å². The van der Waals surface area contributed by atoms with Crippen LogP contribution in [0.4, 0.5) is 0 Å². The number of nitrogens with two attached hydrogens (primary N) is 1. The summed E-state index contributed by atoms with van der Waals surface area (Å²) in [5.41, 5.74) is 5.68. The molecule has 10 atom stereocenters. The van der Waals surface area contributed by atoms with Crippen LogP contribution < -0.4 is 5.73 Å². The molecule has 3 aliphatic heterocycles. The molecule has 7 aliphatic rings. The lowest BCUT2D eigenvalue weighted by Crippen LogP contribution is -2.73. The number of hydrogen-bond acceptors (Lipinski definition) is 6. The molecule has 6 nitrogen and oxygen atoms in total. The number of rotatable bonds is 8. The number of carbonyl (C=O) groups is 1. The molecule has 7 rings (SSSR count). The van der Waals surface area contributed by atoms with Crippen molar-refractivity contribution in [2.45, 2.75) is 128 Å². The number of ether oxygens (including phenoxy) is 1. The van der Waals surface area contributed by atoms with Crippen molar-refractivity contribution in [3.8, 4) is 0 Å². The maximum Gasteiger partial charge on any atom is 0.320 e. The van der Waals surface area contributed by atoms with Crippen LogP contribution in [0.3, 0.4) is 0 Å². The highest BCUT2D eigenvalue weighted by Gasteiger charge is 2.74. The van der Waals surface area contributed by atoms with E-state index in [2.05, 4.69) is 56.9 Å². The number of esters is 1. The van der Waals surface area contributed by atoms with Crippen molar-refractivity contribution in [1.29, 1.82) is 0 Å². The quantitative estimate of drug-likeness (QED) is 0.214. The summed E-state index contributed by atoms with van der Waals surface area (Å²) in [6, 6.07) is 0.162. The molecule has 0 aromatic carbocycles. The summed E-state index contributed by atoms with van der Waals surface area (Å²) in [6.07, 6.45) is 22.5. The maximum atomic E-state index is 12.8. The zero-order valence-corrected chi connectivity index (χ0v) is 25.5. The third kappa shape index (κ3) is 4.55. The Kier molecular flexibility index (Phi) is 7.81. The molecule has 2 spiro atoms. The fourth-order valence-corrected chi connectivity index (χ4v) is 10.5. The molecule has 0 amide bonds. The van der Waals surface area contributed by atoms with Gasteiger partial charge in [0, 0.05) is 29.7 Å². The van der Waals surface area contributed by atoms with E-state index in [0.29, 0.717) is 36.6 Å². The Bertz CT molecular complexity index is 1010. The van der Waals surface area contributed by atoms with Gasteiger partial charge in [-0.25, -0.2) is 9.78 Å². The average molecular weight is 555 g/mol. The Labute approximate surface area is 242 Å². The maximum absolute atomic E-state index is 12.8. The van der Waals surface area contributed by atoms with E-state index in [-0.39, 0.29) is 34.5 Å². The first-order chi connectivity index (χ1) is 19.2. The van der Waals surface area contributed by atoms with Crippen LogP contribution in [0.2, 0.25) is 0 Å². The van der Waals surface area contributed by atoms with Gasteiger partial charge in [-0.2, -0.15) is 0 Å². The number of likely N-dealkylation sites (tertiary alicyclic amines) is 1. The number of carbonyl (C=O) groups excluding carboxylic acids is 1. The van der Waals surface area contributed by atoms with Crippen LogP contribution in [0.15, 0.2) is 24.3 Å². The van der Waals surface area contributed by atoms with Crippen molar-refractivity contribution in [3.05, 3.63) is 24.3 Å². The standard InChI is InChI=1S/C34H54N2O4/c1-5-9-25(35)11-10-24(2)27-12-13-28-31(27,3)16-15-29-32(4)17-14-26(22-33(32)18-19-34(28,29)40-39-33)38-30(37)23-36-20-7-6-8-21-36/h10-11,18-19,24-29H,5-9,12-17,20-23,35H2,1-4H3/b11-10+/t24-,25-,26+,27-,28-,29-,31-,32-,33-,34+/m1/s1. The molecule has 3 saturated carbocycles. The monoisotopic (exact) mass is 554 g/mol. The Balaban J connectivity index is 1.17. The summed E-state index contributed by atoms with van der Waals surface area (Å²) in [5.74, 6) is 1.95. The highest BCUT2D eigenvalue weighted by Crippen LogP contribution is 2.72. The minimum absolute atomic E-state index is 0.00631. The van der Waals surface area contributed by atoms with Gasteiger partial charge in [0.1, 0.15) is 17.3 Å². The number of nitrogens with zero attached hydrogens (tertiary/aromatic N) is 1. The summed E-state index contributed by atoms with van der Waals surface area (Å²) >= 11 is 0. The highest BCUT2D eigenvalue weighted by atomic mass is 17.2. The lowest BCUT2D eigenvalue weighted by atomic mass is 9.42. The summed E-state index contributed by atoms with van der Waals surface area (Å²) in [5, 5.41) is 0. The summed E-state index contributed by atoms with van der Waals surface area (Å²) in [7, 11) is 0. The molecule has 2 N–H and O–H groups in total. The van der Waals surface area contributed by atoms with Gasteiger partial charge >= 0.3 is 5.97 Å². The van der Waals surface area contributed by atoms with Crippen LogP contribution in [-0.4, -0.2) is 53.9 Å². The largest absolute Gasteiger partial charge is 0.461 e. The van der Waals surface area contributed by atoms with Gasteiger partial charge in [0.15, 0.2) is 0 Å². The topological polar surface area (TPSA) is 74.0 Å². The molecule has 0 unspecified atom stereocenters. The van der Waals surface area contributed by atoms with Crippen LogP contribution in [-0.2, 0) is 19.3 Å². The molecule has 2 saturated heterocycles. The van der Waals surface area contributed by atoms with Crippen molar-refractivity contribution < 1.29 is 19.3 Å². The first-order valence-corrected chi connectivity index (χ1v) is 16.6. The predicted octanol–water partition coefficient (Wildman–Crippen LogP) is 6.35. The molecule has 2 bridgehead atoms. The van der Waals surface area contributed by atoms with Gasteiger partial charge in [0.25, 0.3) is 0 Å². The van der Waals surface area contributed by atoms with Crippen molar-refractivity contribution in [2.75, 3.05) is 19.6 Å². The van der Waals surface area contributed by atoms with Gasteiger partial charge in [-0.05, 0) is 94.2 Å². The van der Waals surface area contributed by atoms with Gasteiger partial charge in [-0.3, -0.25) is 9.69 Å². The highest BCUT2D eigenvalue weighted by molar-refractivity contribution is 5.72. The van der Waals surface area contributed by atoms with E-state index < -0.39 is 5.60 Å². The summed E-state index contributed by atoms with van der Waals surface area (Å²) in [6.45, 7) is 12.0. The van der Waals surface area contributed by atoms with Crippen molar-refractivity contribution in [2.24, 2.45) is 40.2 Å². The normalized spacial score (nSPS) is 46.0. The molecular formula is C34H54N2O4. The molecule has 40 heavy (non-hydrogen) atoms. The van der Waals surface area contributed by atoms with E-state index in [1.807, 2.05) is 0 Å². The summed E-state index contributed by atoms with van der Waals surface area (Å²) < 4.78 is 6.08. The van der Waals surface area contributed by atoms with Crippen molar-refractivity contribution in [3.63, 3.8) is 0 Å². The second kappa shape index (κ2) is 10.8. The molecule has 6 heteroatoms. The van der Waals surface area contributed by atoms with Crippen LogP contribution in [0.25, 0.3) is 0 Å². The smallest absolute Gasteiger partial charge is 0.320 e. The SMILES string of the molecule is CCC[C@@H](N)/C=C/[C@@H](C)[C@H]1CC[C@@H]2[C@]1(C)CC[C@H]1[C@]23C=C[C@]2(C[C@@H](OC(=O)CN4CCCCC4)CC[C@]12C)OO3. The molecule has 3 heterocycles. The van der Waals surface area contributed by atoms with Crippen molar-refractivity contribution in [1.82, 2.24) is 4.90 Å². The molecule has 224 valence electrons. The number of piperidine rings is 1. The van der Waals surface area contributed by atoms with Gasteiger partial charge < -0.3 is 10.5 Å². The third-order valence-corrected chi connectivity index (χ3v) is 12.7. The van der Waals surface area contributed by atoms with E-state index in [1.165, 1.54) is 44.9 Å². The average Bonchev–Trinajstić information content (AvgIpc) is 3.30. The van der Waals surface area contributed by atoms with Gasteiger partial charge in [0.2, 0.25) is 0 Å². The molecule has 4 aliphatic carbocycles. The predicted molar refractivity (Wildman–Crippen MR) is 157 cm³/mol. The van der Waals surface area contributed by atoms with E-state index in [1.54, 1.807) is 0 Å². The van der Waals surface area contributed by atoms with Crippen LogP contribution in [0.5, 0.6) is 0 Å². The lowest BCUT2D eigenvalue weighted by Gasteiger charge is -2.69. The number of fused-ring (bicyclic) bond motifs is 2. The number of allylic oxidation sites excluding steroid dienone is 1. The molecule has 0 radical (unpaired) electrons. The van der Waals surface area contributed by atoms with E-state index in [9.17, 15) is 4.79 Å². The Morgan fingerprint density at radius 1 is 1.05 bits per heavy atom. The lowest BCUT2D eigenvalue weighted by molar-refractivity contribution is -0.497. The second-order valence-electron chi connectivity index (χ2n) is 14.9. The fourth-order valence-electron chi connectivity index (χ4n) is 10.5. The van der Waals surface area contributed by atoms with Crippen LogP contribution in [0.1, 0.15) is 105 Å². The van der Waals surface area contributed by atoms with E-state index in [0.717, 1.165) is 38.8 Å². The molecular weight excluding hydrogens is 500 g/mol. The summed E-state index contributed by atoms with van der Waals surface area (Å²) in [4.78, 5) is 28.3. The zero-order valence-electron chi connectivity index (χ0n) is 25.5.